The highest BCUT2D eigenvalue weighted by Gasteiger charge is 2.51. The highest BCUT2D eigenvalue weighted by atomic mass is 32.2. The number of carbonyl (C=O) groups excluding carboxylic acids is 1. The molecule has 0 aliphatic rings. The number of aromatic nitrogens is 3. The zero-order chi connectivity index (χ0) is 39.0. The fraction of sp³-hybridized carbons (Fsp3) is 0.250. The van der Waals surface area contributed by atoms with E-state index in [1.165, 1.54) is 6.08 Å². The molecule has 17 heteroatoms. The van der Waals surface area contributed by atoms with Crippen molar-refractivity contribution in [3.05, 3.63) is 107 Å². The van der Waals surface area contributed by atoms with Crippen LogP contribution in [-0.4, -0.2) is 70.2 Å². The van der Waals surface area contributed by atoms with Gasteiger partial charge < -0.3 is 15.5 Å². The molecular weight excluding hydrogens is 717 g/mol. The largest absolute Gasteiger partial charge is 0.490 e. The lowest BCUT2D eigenvalue weighted by molar-refractivity contribution is -0.192. The summed E-state index contributed by atoms with van der Waals surface area (Å²) in [7, 11) is -4.52. The Balaban J connectivity index is 0.000000815. The van der Waals surface area contributed by atoms with Gasteiger partial charge in [-0.2, -0.15) is 28.0 Å². The minimum absolute atomic E-state index is 0.0722. The van der Waals surface area contributed by atoms with Crippen molar-refractivity contribution in [2.45, 2.75) is 56.3 Å². The molecule has 0 fully saturated rings. The van der Waals surface area contributed by atoms with Gasteiger partial charge in [0.2, 0.25) is 21.8 Å². The molecule has 0 aliphatic heterocycles. The Bertz CT molecular complexity index is 2220. The predicted molar refractivity (Wildman–Crippen MR) is 189 cm³/mol. The lowest BCUT2D eigenvalue weighted by Crippen LogP contribution is -2.57. The maximum Gasteiger partial charge on any atom is 0.490 e. The number of fused-ring (bicyclic) bond motifs is 1. The van der Waals surface area contributed by atoms with E-state index < -0.39 is 39.7 Å². The summed E-state index contributed by atoms with van der Waals surface area (Å²) in [6.07, 6.45) is -1.58. The lowest BCUT2D eigenvalue weighted by atomic mass is 9.82. The van der Waals surface area contributed by atoms with Crippen LogP contribution in [0.25, 0.3) is 22.2 Å². The van der Waals surface area contributed by atoms with Crippen molar-refractivity contribution in [3.63, 3.8) is 0 Å². The van der Waals surface area contributed by atoms with Crippen LogP contribution in [0.5, 0.6) is 0 Å². The average molecular weight is 753 g/mol. The number of aryl methyl sites for hydroxylation is 3. The van der Waals surface area contributed by atoms with Crippen LogP contribution in [0.3, 0.4) is 0 Å². The number of nitrogens with zero attached hydrogens (tertiary/aromatic N) is 3. The van der Waals surface area contributed by atoms with Gasteiger partial charge in [0.05, 0.1) is 16.1 Å². The van der Waals surface area contributed by atoms with Gasteiger partial charge in [-0.25, -0.2) is 27.8 Å². The summed E-state index contributed by atoms with van der Waals surface area (Å²) in [5.41, 5.74) is 1.72. The molecule has 0 amide bonds. The van der Waals surface area contributed by atoms with E-state index in [-0.39, 0.29) is 11.3 Å². The van der Waals surface area contributed by atoms with Crippen LogP contribution in [0, 0.1) is 20.8 Å². The summed E-state index contributed by atoms with van der Waals surface area (Å²) in [6, 6.07) is 23.5. The molecule has 1 unspecified atom stereocenters. The normalized spacial score (nSPS) is 13.2. The van der Waals surface area contributed by atoms with E-state index in [0.717, 1.165) is 11.1 Å². The van der Waals surface area contributed by atoms with Crippen molar-refractivity contribution < 1.29 is 46.2 Å². The molecule has 0 radical (unpaired) electrons. The first-order chi connectivity index (χ1) is 25.0. The zero-order valence-corrected chi connectivity index (χ0v) is 29.4. The molecule has 53 heavy (non-hydrogen) atoms. The number of carboxylic acids is 2. The van der Waals surface area contributed by atoms with Gasteiger partial charge in [-0.1, -0.05) is 60.2 Å². The summed E-state index contributed by atoms with van der Waals surface area (Å²) >= 11 is 0. The van der Waals surface area contributed by atoms with E-state index in [9.17, 15) is 36.3 Å². The second kappa shape index (κ2) is 16.6. The van der Waals surface area contributed by atoms with Crippen molar-refractivity contribution >= 4 is 44.8 Å². The Kier molecular flexibility index (Phi) is 12.5. The molecule has 5 rings (SSSR count). The molecule has 2 heterocycles. The number of H-pyrrole nitrogens is 1. The molecule has 3 aromatic carbocycles. The Morgan fingerprint density at radius 3 is 2.15 bits per heavy atom. The van der Waals surface area contributed by atoms with Gasteiger partial charge in [-0.15, -0.1) is 0 Å². The number of isocyanates is 1. The number of rotatable bonds is 13. The number of anilines is 1. The molecular formula is C36H35F3N6O7S. The van der Waals surface area contributed by atoms with Crippen LogP contribution in [0.4, 0.5) is 19.0 Å². The van der Waals surface area contributed by atoms with Crippen LogP contribution < -0.4 is 10.0 Å². The molecule has 5 N–H and O–H groups in total. The van der Waals surface area contributed by atoms with E-state index in [4.69, 9.17) is 9.90 Å². The first-order valence-electron chi connectivity index (χ1n) is 15.9. The third kappa shape index (κ3) is 9.51. The highest BCUT2D eigenvalue weighted by molar-refractivity contribution is 7.89. The standard InChI is InChI=1S/C34H34N6O5S.C2HF3O2/c1-22-18-23(2)32(24(3)19-22)46(44,45)40-34(33(42)43,37-21-41)28(12-9-17-36-30-13-7-8-16-35-30)26-14-15-29-27(20-26)31(39-38-29)25-10-5-4-6-11-25;3-2(4,5)1(6)7/h4-8,10-11,13-16,18-20,28,40H,9,12,17H2,1-3H3,(H,35,36)(H,38,39)(H,42,43);(H,6,7)/t28?,34-;/m0./s1. The quantitative estimate of drug-likeness (QED) is 0.0519. The minimum atomic E-state index is -5.08. The molecule has 2 atom stereocenters. The predicted octanol–water partition coefficient (Wildman–Crippen LogP) is 6.25. The third-order valence-corrected chi connectivity index (χ3v) is 9.90. The van der Waals surface area contributed by atoms with Gasteiger partial charge in [0.15, 0.2) is 0 Å². The number of alkyl halides is 3. The SMILES string of the molecule is Cc1cc(C)c(S(=O)(=O)N[C@](N=C=O)(C(=O)O)C(CCCNc2ccccn2)c2ccc3[nH]nc(-c4ccccc4)c3c2)c(C)c1.O=C(O)C(F)(F)F. The first kappa shape index (κ1) is 39.9. The van der Waals surface area contributed by atoms with Gasteiger partial charge in [0.25, 0.3) is 0 Å². The van der Waals surface area contributed by atoms with Crippen molar-refractivity contribution in [3.8, 4) is 11.3 Å². The summed E-state index contributed by atoms with van der Waals surface area (Å²) in [6.45, 7) is 5.50. The van der Waals surface area contributed by atoms with E-state index >= 15 is 0 Å². The average Bonchev–Trinajstić information content (AvgIpc) is 3.51. The molecule has 2 aromatic heterocycles. The number of carbonyl (C=O) groups is 2. The summed E-state index contributed by atoms with van der Waals surface area (Å²) in [5, 5.41) is 29.3. The fourth-order valence-electron chi connectivity index (χ4n) is 6.00. The second-order valence-electron chi connectivity index (χ2n) is 12.0. The molecule has 0 bridgehead atoms. The van der Waals surface area contributed by atoms with Gasteiger partial charge in [-0.05, 0) is 74.6 Å². The fourth-order valence-corrected chi connectivity index (χ4v) is 7.75. The van der Waals surface area contributed by atoms with Crippen LogP contribution in [0.1, 0.15) is 41.0 Å². The van der Waals surface area contributed by atoms with Crippen molar-refractivity contribution in [1.82, 2.24) is 19.9 Å². The van der Waals surface area contributed by atoms with Gasteiger partial charge in [-0.3, -0.25) is 5.10 Å². The molecule has 0 aliphatic carbocycles. The van der Waals surface area contributed by atoms with Crippen molar-refractivity contribution in [2.24, 2.45) is 4.99 Å². The third-order valence-electron chi connectivity index (χ3n) is 8.14. The van der Waals surface area contributed by atoms with Crippen LogP contribution >= 0.6 is 0 Å². The summed E-state index contributed by atoms with van der Waals surface area (Å²) in [4.78, 5) is 42.1. The smallest absolute Gasteiger partial charge is 0.478 e. The number of halogens is 3. The molecule has 0 saturated carbocycles. The topological polar surface area (TPSA) is 204 Å². The number of sulfonamides is 1. The summed E-state index contributed by atoms with van der Waals surface area (Å²) < 4.78 is 62.2. The number of nitrogens with one attached hydrogen (secondary N) is 3. The highest BCUT2D eigenvalue weighted by Crippen LogP contribution is 2.39. The number of hydrogen-bond donors (Lipinski definition) is 5. The van der Waals surface area contributed by atoms with Crippen LogP contribution in [0.2, 0.25) is 0 Å². The number of carboxylic acid groups (broad SMARTS) is 2. The van der Waals surface area contributed by atoms with Crippen LogP contribution in [-0.2, 0) is 24.4 Å². The number of aromatic amines is 1. The Morgan fingerprint density at radius 1 is 0.943 bits per heavy atom. The van der Waals surface area contributed by atoms with E-state index in [1.54, 1.807) is 62.5 Å². The van der Waals surface area contributed by atoms with Gasteiger partial charge in [0.1, 0.15) is 5.82 Å². The molecule has 0 saturated heterocycles. The van der Waals surface area contributed by atoms with Crippen molar-refractivity contribution in [1.29, 1.82) is 0 Å². The second-order valence-corrected chi connectivity index (χ2v) is 13.6. The number of benzene rings is 3. The first-order valence-corrected chi connectivity index (χ1v) is 17.4. The monoisotopic (exact) mass is 752 g/mol. The number of aliphatic imine (C=N–C) groups is 1. The maximum atomic E-state index is 14.0. The van der Waals surface area contributed by atoms with E-state index in [0.29, 0.717) is 52.1 Å². The Morgan fingerprint density at radius 2 is 1.58 bits per heavy atom. The van der Waals surface area contributed by atoms with Crippen LogP contribution in [0.15, 0.2) is 94.9 Å². The molecule has 0 spiro atoms. The zero-order valence-electron chi connectivity index (χ0n) is 28.6. The maximum absolute atomic E-state index is 14.0. The molecule has 13 nitrogen and oxygen atoms in total. The summed E-state index contributed by atoms with van der Waals surface area (Å²) in [5.74, 6) is -4.90. The number of pyridine rings is 1. The Labute approximate surface area is 302 Å². The molecule has 278 valence electrons. The Hall–Kier alpha value is -5.90. The number of hydrogen-bond acceptors (Lipinski definition) is 9. The molecule has 5 aromatic rings. The lowest BCUT2D eigenvalue weighted by Gasteiger charge is -2.34. The van der Waals surface area contributed by atoms with E-state index in [1.807, 2.05) is 43.3 Å². The number of aliphatic carboxylic acids is 2. The minimum Gasteiger partial charge on any atom is -0.478 e. The van der Waals surface area contributed by atoms with Gasteiger partial charge >= 0.3 is 18.1 Å². The van der Waals surface area contributed by atoms with Gasteiger partial charge in [0, 0.05) is 29.6 Å². The van der Waals surface area contributed by atoms with Crippen molar-refractivity contribution in [2.75, 3.05) is 11.9 Å². The van der Waals surface area contributed by atoms with E-state index in [2.05, 4.69) is 30.2 Å².